The fraction of sp³-hybridized carbons (Fsp3) is 0.273. The average molecular weight is 382 g/mol. The molecular weight excluding hydrogens is 358 g/mol. The Labute approximate surface area is 165 Å². The van der Waals surface area contributed by atoms with Gasteiger partial charge in [-0.1, -0.05) is 54.1 Å². The highest BCUT2D eigenvalue weighted by Gasteiger charge is 2.18. The molecule has 0 radical (unpaired) electrons. The molecule has 1 aromatic heterocycles. The first-order chi connectivity index (χ1) is 13.0. The molecule has 0 aliphatic rings. The molecule has 0 saturated heterocycles. The van der Waals surface area contributed by atoms with E-state index in [1.807, 2.05) is 80.2 Å². The normalized spacial score (nSPS) is 12.0. The van der Waals surface area contributed by atoms with Gasteiger partial charge in [-0.15, -0.1) is 0 Å². The van der Waals surface area contributed by atoms with Gasteiger partial charge >= 0.3 is 0 Å². The van der Waals surface area contributed by atoms with Crippen molar-refractivity contribution in [3.63, 3.8) is 0 Å². The van der Waals surface area contributed by atoms with Gasteiger partial charge in [0.2, 0.25) is 5.91 Å². The summed E-state index contributed by atoms with van der Waals surface area (Å²) in [5.74, 6) is 0.0152. The van der Waals surface area contributed by atoms with Crippen LogP contribution in [-0.4, -0.2) is 15.7 Å². The van der Waals surface area contributed by atoms with Crippen molar-refractivity contribution in [1.29, 1.82) is 0 Å². The molecule has 1 atom stereocenters. The summed E-state index contributed by atoms with van der Waals surface area (Å²) in [5.41, 5.74) is 5.29. The van der Waals surface area contributed by atoms with E-state index in [0.717, 1.165) is 28.1 Å². The minimum Gasteiger partial charge on any atom is -0.345 e. The Morgan fingerprint density at radius 3 is 2.30 bits per heavy atom. The van der Waals surface area contributed by atoms with Crippen LogP contribution in [0.2, 0.25) is 5.02 Å². The Morgan fingerprint density at radius 1 is 1.07 bits per heavy atom. The summed E-state index contributed by atoms with van der Waals surface area (Å²) in [5, 5.41) is 8.28. The summed E-state index contributed by atoms with van der Waals surface area (Å²) >= 11 is 6.02. The Hall–Kier alpha value is -2.59. The number of carbonyl (C=O) groups is 1. The monoisotopic (exact) mass is 381 g/mol. The lowest BCUT2D eigenvalue weighted by Crippen LogP contribution is -2.29. The van der Waals surface area contributed by atoms with Crippen molar-refractivity contribution >= 4 is 17.5 Å². The number of nitrogens with one attached hydrogen (secondary N) is 1. The molecule has 1 amide bonds. The molecule has 1 unspecified atom stereocenters. The van der Waals surface area contributed by atoms with E-state index in [0.29, 0.717) is 17.9 Å². The number of aryl methyl sites for hydroxylation is 2. The van der Waals surface area contributed by atoms with Gasteiger partial charge in [0.15, 0.2) is 0 Å². The zero-order valence-electron chi connectivity index (χ0n) is 15.9. The molecule has 0 aliphatic heterocycles. The second-order valence-electron chi connectivity index (χ2n) is 6.74. The number of hydrogen-bond acceptors (Lipinski definition) is 2. The van der Waals surface area contributed by atoms with Gasteiger partial charge < -0.3 is 5.32 Å². The van der Waals surface area contributed by atoms with Gasteiger partial charge in [0.1, 0.15) is 0 Å². The molecule has 0 saturated carbocycles. The van der Waals surface area contributed by atoms with E-state index >= 15 is 0 Å². The van der Waals surface area contributed by atoms with Crippen LogP contribution >= 0.6 is 11.6 Å². The summed E-state index contributed by atoms with van der Waals surface area (Å²) in [6.45, 7) is 4.02. The Balaban J connectivity index is 1.75. The highest BCUT2D eigenvalue weighted by Crippen LogP contribution is 2.24. The summed E-state index contributed by atoms with van der Waals surface area (Å²) in [6, 6.07) is 17.4. The van der Waals surface area contributed by atoms with Crippen LogP contribution in [0.15, 0.2) is 54.6 Å². The maximum atomic E-state index is 12.7. The minimum absolute atomic E-state index is 0.0152. The SMILES string of the molecule is Cc1nn(C)c(C)c1CCC(=O)NC(c1ccccc1)c1ccc(Cl)cc1. The van der Waals surface area contributed by atoms with Gasteiger partial charge in [-0.2, -0.15) is 5.10 Å². The Morgan fingerprint density at radius 2 is 1.70 bits per heavy atom. The Bertz CT molecular complexity index is 917. The average Bonchev–Trinajstić information content (AvgIpc) is 2.91. The number of carbonyl (C=O) groups excluding carboxylic acids is 1. The first-order valence-corrected chi connectivity index (χ1v) is 9.42. The second kappa shape index (κ2) is 8.40. The standard InChI is InChI=1S/C22H24ClN3O/c1-15-20(16(2)26(3)25-15)13-14-21(27)24-22(17-7-5-4-6-8-17)18-9-11-19(23)12-10-18/h4-12,22H,13-14H2,1-3H3,(H,24,27). The van der Waals surface area contributed by atoms with Gasteiger partial charge in [-0.3, -0.25) is 9.48 Å². The largest absolute Gasteiger partial charge is 0.345 e. The van der Waals surface area contributed by atoms with Crippen LogP contribution in [0.5, 0.6) is 0 Å². The fourth-order valence-corrected chi connectivity index (χ4v) is 3.44. The third-order valence-electron chi connectivity index (χ3n) is 4.90. The van der Waals surface area contributed by atoms with Crippen LogP contribution in [0.4, 0.5) is 0 Å². The minimum atomic E-state index is -0.202. The lowest BCUT2D eigenvalue weighted by Gasteiger charge is -2.20. The second-order valence-corrected chi connectivity index (χ2v) is 7.17. The van der Waals surface area contributed by atoms with Crippen LogP contribution in [0.1, 0.15) is 40.5 Å². The predicted molar refractivity (Wildman–Crippen MR) is 109 cm³/mol. The third kappa shape index (κ3) is 4.58. The molecule has 4 nitrogen and oxygen atoms in total. The van der Waals surface area contributed by atoms with Crippen LogP contribution < -0.4 is 5.32 Å². The highest BCUT2D eigenvalue weighted by atomic mass is 35.5. The maximum Gasteiger partial charge on any atom is 0.221 e. The lowest BCUT2D eigenvalue weighted by molar-refractivity contribution is -0.121. The molecule has 2 aromatic carbocycles. The predicted octanol–water partition coefficient (Wildman–Crippen LogP) is 4.53. The van der Waals surface area contributed by atoms with Crippen molar-refractivity contribution in [2.75, 3.05) is 0 Å². The third-order valence-corrected chi connectivity index (χ3v) is 5.15. The van der Waals surface area contributed by atoms with E-state index in [1.165, 1.54) is 0 Å². The number of rotatable bonds is 6. The molecule has 0 spiro atoms. The zero-order valence-corrected chi connectivity index (χ0v) is 16.6. The molecule has 27 heavy (non-hydrogen) atoms. The van der Waals surface area contributed by atoms with Gasteiger partial charge in [0.25, 0.3) is 0 Å². The maximum absolute atomic E-state index is 12.7. The highest BCUT2D eigenvalue weighted by molar-refractivity contribution is 6.30. The van der Waals surface area contributed by atoms with Crippen LogP contribution in [0.3, 0.4) is 0 Å². The summed E-state index contributed by atoms with van der Waals surface area (Å²) in [6.07, 6.45) is 1.10. The fourth-order valence-electron chi connectivity index (χ4n) is 3.31. The first kappa shape index (κ1) is 19.2. The van der Waals surface area contributed by atoms with Crippen molar-refractivity contribution in [1.82, 2.24) is 15.1 Å². The molecule has 0 fully saturated rings. The van der Waals surface area contributed by atoms with Crippen molar-refractivity contribution in [2.24, 2.45) is 7.05 Å². The topological polar surface area (TPSA) is 46.9 Å². The molecule has 0 aliphatic carbocycles. The summed E-state index contributed by atoms with van der Waals surface area (Å²) in [4.78, 5) is 12.7. The zero-order chi connectivity index (χ0) is 19.4. The molecular formula is C22H24ClN3O. The molecule has 5 heteroatoms. The molecule has 3 rings (SSSR count). The number of benzene rings is 2. The van der Waals surface area contributed by atoms with Gasteiger partial charge in [0.05, 0.1) is 11.7 Å². The van der Waals surface area contributed by atoms with Crippen molar-refractivity contribution in [3.8, 4) is 0 Å². The first-order valence-electron chi connectivity index (χ1n) is 9.04. The number of halogens is 1. The summed E-state index contributed by atoms with van der Waals surface area (Å²) in [7, 11) is 1.93. The Kier molecular flexibility index (Phi) is 5.97. The molecule has 1 N–H and O–H groups in total. The molecule has 140 valence electrons. The van der Waals surface area contributed by atoms with Crippen LogP contribution in [-0.2, 0) is 18.3 Å². The van der Waals surface area contributed by atoms with Crippen molar-refractivity contribution in [2.45, 2.75) is 32.7 Å². The van der Waals surface area contributed by atoms with E-state index < -0.39 is 0 Å². The van der Waals surface area contributed by atoms with Gasteiger partial charge in [0, 0.05) is 24.2 Å². The van der Waals surface area contributed by atoms with E-state index in [1.54, 1.807) is 0 Å². The molecule has 3 aromatic rings. The summed E-state index contributed by atoms with van der Waals surface area (Å²) < 4.78 is 1.86. The van der Waals surface area contributed by atoms with E-state index in [9.17, 15) is 4.79 Å². The molecule has 0 bridgehead atoms. The smallest absolute Gasteiger partial charge is 0.221 e. The van der Waals surface area contributed by atoms with Gasteiger partial charge in [-0.25, -0.2) is 0 Å². The van der Waals surface area contributed by atoms with Crippen molar-refractivity contribution < 1.29 is 4.79 Å². The van der Waals surface area contributed by atoms with Crippen LogP contribution in [0.25, 0.3) is 0 Å². The van der Waals surface area contributed by atoms with Gasteiger partial charge in [-0.05, 0) is 49.1 Å². The molecule has 1 heterocycles. The van der Waals surface area contributed by atoms with E-state index in [-0.39, 0.29) is 11.9 Å². The quantitative estimate of drug-likeness (QED) is 0.681. The van der Waals surface area contributed by atoms with E-state index in [2.05, 4.69) is 10.4 Å². The number of nitrogens with zero attached hydrogens (tertiary/aromatic N) is 2. The van der Waals surface area contributed by atoms with Crippen LogP contribution in [0, 0.1) is 13.8 Å². The number of aromatic nitrogens is 2. The number of hydrogen-bond donors (Lipinski definition) is 1. The lowest BCUT2D eigenvalue weighted by atomic mass is 9.98. The number of amides is 1. The van der Waals surface area contributed by atoms with Crippen molar-refractivity contribution in [3.05, 3.63) is 87.7 Å². The van der Waals surface area contributed by atoms with E-state index in [4.69, 9.17) is 11.6 Å².